The minimum Gasteiger partial charge on any atom is -0.379 e. The molecule has 7 heteroatoms. The first-order valence-electron chi connectivity index (χ1n) is 6.68. The van der Waals surface area contributed by atoms with Gasteiger partial charge in [-0.1, -0.05) is 0 Å². The number of carbonyl (C=O) groups excluding carboxylic acids is 1. The minimum atomic E-state index is -4.37. The molecule has 21 heavy (non-hydrogen) atoms. The van der Waals surface area contributed by atoms with Crippen LogP contribution in [-0.4, -0.2) is 43.2 Å². The van der Waals surface area contributed by atoms with E-state index in [2.05, 4.69) is 5.32 Å². The molecule has 0 bridgehead atoms. The zero-order valence-corrected chi connectivity index (χ0v) is 11.6. The molecule has 1 fully saturated rings. The summed E-state index contributed by atoms with van der Waals surface area (Å²) >= 11 is 0. The van der Waals surface area contributed by atoms with E-state index in [4.69, 9.17) is 4.74 Å². The number of nitrogens with zero attached hydrogens (tertiary/aromatic N) is 1. The normalized spacial score (nSPS) is 18.3. The number of carbonyl (C=O) groups is 1. The van der Waals surface area contributed by atoms with Gasteiger partial charge in [0.25, 0.3) is 0 Å². The average Bonchev–Trinajstić information content (AvgIpc) is 2.47. The largest absolute Gasteiger partial charge is 0.416 e. The quantitative estimate of drug-likeness (QED) is 0.932. The lowest BCUT2D eigenvalue weighted by Gasteiger charge is -2.31. The van der Waals surface area contributed by atoms with Gasteiger partial charge in [-0.25, -0.2) is 0 Å². The maximum Gasteiger partial charge on any atom is 0.416 e. The highest BCUT2D eigenvalue weighted by molar-refractivity contribution is 5.94. The smallest absolute Gasteiger partial charge is 0.379 e. The van der Waals surface area contributed by atoms with Gasteiger partial charge in [0, 0.05) is 18.8 Å². The van der Waals surface area contributed by atoms with Crippen molar-refractivity contribution >= 4 is 11.6 Å². The number of hydrogen-bond donors (Lipinski definition) is 1. The van der Waals surface area contributed by atoms with Crippen LogP contribution in [0.15, 0.2) is 24.3 Å². The molecule has 1 heterocycles. The number of amides is 1. The van der Waals surface area contributed by atoms with Gasteiger partial charge in [-0.3, -0.25) is 9.69 Å². The van der Waals surface area contributed by atoms with E-state index in [0.717, 1.165) is 12.1 Å². The lowest BCUT2D eigenvalue weighted by molar-refractivity contribution is -0.137. The molecule has 1 aliphatic heterocycles. The van der Waals surface area contributed by atoms with Crippen LogP contribution in [0.4, 0.5) is 18.9 Å². The summed E-state index contributed by atoms with van der Waals surface area (Å²) in [5.74, 6) is -0.239. The van der Waals surface area contributed by atoms with Gasteiger partial charge in [0.05, 0.1) is 24.8 Å². The zero-order valence-electron chi connectivity index (χ0n) is 11.6. The Morgan fingerprint density at radius 2 is 1.81 bits per heavy atom. The molecule has 0 spiro atoms. The first-order valence-corrected chi connectivity index (χ1v) is 6.68. The first-order chi connectivity index (χ1) is 9.88. The molecular weight excluding hydrogens is 285 g/mol. The van der Waals surface area contributed by atoms with Gasteiger partial charge >= 0.3 is 6.18 Å². The van der Waals surface area contributed by atoms with E-state index in [1.807, 2.05) is 4.90 Å². The predicted molar refractivity (Wildman–Crippen MR) is 71.9 cm³/mol. The van der Waals surface area contributed by atoms with Crippen molar-refractivity contribution in [2.24, 2.45) is 0 Å². The van der Waals surface area contributed by atoms with Gasteiger partial charge in [-0.2, -0.15) is 13.2 Å². The molecule has 1 aliphatic rings. The lowest BCUT2D eigenvalue weighted by atomic mass is 10.2. The summed E-state index contributed by atoms with van der Waals surface area (Å²) in [5.41, 5.74) is -0.380. The van der Waals surface area contributed by atoms with Crippen LogP contribution in [0, 0.1) is 0 Å². The summed E-state index contributed by atoms with van der Waals surface area (Å²) in [6, 6.07) is 4.07. The number of nitrogens with one attached hydrogen (secondary N) is 1. The minimum absolute atomic E-state index is 0.239. The number of alkyl halides is 3. The van der Waals surface area contributed by atoms with Crippen LogP contribution in [0.5, 0.6) is 0 Å². The van der Waals surface area contributed by atoms with Crippen molar-refractivity contribution in [1.82, 2.24) is 4.90 Å². The molecule has 1 atom stereocenters. The fourth-order valence-electron chi connectivity index (χ4n) is 2.12. The number of benzene rings is 1. The first kappa shape index (κ1) is 15.8. The topological polar surface area (TPSA) is 41.6 Å². The monoisotopic (exact) mass is 302 g/mol. The molecule has 1 amide bonds. The fourth-order valence-corrected chi connectivity index (χ4v) is 2.12. The Morgan fingerprint density at radius 1 is 1.24 bits per heavy atom. The van der Waals surface area contributed by atoms with E-state index in [1.165, 1.54) is 12.1 Å². The Hall–Kier alpha value is -1.60. The number of rotatable bonds is 3. The van der Waals surface area contributed by atoms with E-state index >= 15 is 0 Å². The van der Waals surface area contributed by atoms with Gasteiger partial charge in [0.1, 0.15) is 0 Å². The van der Waals surface area contributed by atoms with Crippen LogP contribution in [0.25, 0.3) is 0 Å². The second kappa shape index (κ2) is 6.44. The second-order valence-electron chi connectivity index (χ2n) is 4.89. The summed E-state index contributed by atoms with van der Waals surface area (Å²) in [5, 5.41) is 2.63. The van der Waals surface area contributed by atoms with Crippen molar-refractivity contribution in [3.63, 3.8) is 0 Å². The highest BCUT2D eigenvalue weighted by atomic mass is 19.4. The summed E-state index contributed by atoms with van der Waals surface area (Å²) < 4.78 is 42.6. The van der Waals surface area contributed by atoms with E-state index < -0.39 is 11.7 Å². The van der Waals surface area contributed by atoms with Crippen molar-refractivity contribution < 1.29 is 22.7 Å². The summed E-state index contributed by atoms with van der Waals surface area (Å²) in [4.78, 5) is 14.1. The van der Waals surface area contributed by atoms with Crippen LogP contribution in [0.3, 0.4) is 0 Å². The third-order valence-corrected chi connectivity index (χ3v) is 3.45. The molecule has 1 unspecified atom stereocenters. The molecule has 0 saturated carbocycles. The predicted octanol–water partition coefficient (Wildman–Crippen LogP) is 2.36. The molecular formula is C14H17F3N2O2. The van der Waals surface area contributed by atoms with Crippen molar-refractivity contribution in [1.29, 1.82) is 0 Å². The van der Waals surface area contributed by atoms with Gasteiger partial charge in [-0.15, -0.1) is 0 Å². The Balaban J connectivity index is 1.95. The molecule has 2 rings (SSSR count). The van der Waals surface area contributed by atoms with Crippen LogP contribution in [0.1, 0.15) is 12.5 Å². The van der Waals surface area contributed by atoms with E-state index in [-0.39, 0.29) is 11.9 Å². The summed E-state index contributed by atoms with van der Waals surface area (Å²) in [6.07, 6.45) is -4.37. The Kier molecular flexibility index (Phi) is 4.84. The number of halogens is 3. The summed E-state index contributed by atoms with van der Waals surface area (Å²) in [7, 11) is 0. The van der Waals surface area contributed by atoms with Crippen molar-refractivity contribution in [2.75, 3.05) is 31.6 Å². The molecule has 116 valence electrons. The number of morpholine rings is 1. The molecule has 4 nitrogen and oxygen atoms in total. The van der Waals surface area contributed by atoms with E-state index in [1.54, 1.807) is 6.92 Å². The van der Waals surface area contributed by atoms with Gasteiger partial charge in [-0.05, 0) is 31.2 Å². The molecule has 0 radical (unpaired) electrons. The molecule has 1 aromatic rings. The molecule has 1 saturated heterocycles. The highest BCUT2D eigenvalue weighted by Gasteiger charge is 2.30. The summed E-state index contributed by atoms with van der Waals surface area (Å²) in [6.45, 7) is 4.27. The highest BCUT2D eigenvalue weighted by Crippen LogP contribution is 2.29. The fraction of sp³-hybridized carbons (Fsp3) is 0.500. The maximum atomic E-state index is 12.4. The van der Waals surface area contributed by atoms with Crippen molar-refractivity contribution in [3.05, 3.63) is 29.8 Å². The third kappa shape index (κ3) is 4.18. The molecule has 0 aliphatic carbocycles. The van der Waals surface area contributed by atoms with Gasteiger partial charge < -0.3 is 10.1 Å². The molecule has 1 N–H and O–H groups in total. The number of hydrogen-bond acceptors (Lipinski definition) is 3. The van der Waals surface area contributed by atoms with E-state index in [9.17, 15) is 18.0 Å². The van der Waals surface area contributed by atoms with E-state index in [0.29, 0.717) is 32.0 Å². The maximum absolute atomic E-state index is 12.4. The Bertz CT molecular complexity index is 482. The van der Waals surface area contributed by atoms with Crippen LogP contribution >= 0.6 is 0 Å². The van der Waals surface area contributed by atoms with Crippen molar-refractivity contribution in [2.45, 2.75) is 19.1 Å². The number of anilines is 1. The lowest BCUT2D eigenvalue weighted by Crippen LogP contribution is -2.47. The average molecular weight is 302 g/mol. The van der Waals surface area contributed by atoms with Crippen molar-refractivity contribution in [3.8, 4) is 0 Å². The third-order valence-electron chi connectivity index (χ3n) is 3.45. The van der Waals surface area contributed by atoms with Gasteiger partial charge in [0.2, 0.25) is 5.91 Å². The van der Waals surface area contributed by atoms with Gasteiger partial charge in [0.15, 0.2) is 0 Å². The zero-order chi connectivity index (χ0) is 15.5. The standard InChI is InChI=1S/C14H17F3N2O2/c1-10(19-6-8-21-9-7-19)13(20)18-12-4-2-11(3-5-12)14(15,16)17/h2-5,10H,6-9H2,1H3,(H,18,20). The SMILES string of the molecule is CC(C(=O)Nc1ccc(C(F)(F)F)cc1)N1CCOCC1. The Labute approximate surface area is 120 Å². The van der Waals surface area contributed by atoms with Crippen LogP contribution in [-0.2, 0) is 15.7 Å². The van der Waals surface area contributed by atoms with Crippen LogP contribution < -0.4 is 5.32 Å². The Morgan fingerprint density at radius 3 is 2.33 bits per heavy atom. The molecule has 0 aromatic heterocycles. The molecule has 1 aromatic carbocycles. The number of ether oxygens (including phenoxy) is 1. The van der Waals surface area contributed by atoms with Crippen LogP contribution in [0.2, 0.25) is 0 Å². The second-order valence-corrected chi connectivity index (χ2v) is 4.89.